The molecule has 2 aromatic rings. The largest absolute Gasteiger partial charge is 0.353 e. The number of rotatable bonds is 2. The fraction of sp³-hybridized carbons (Fsp3) is 0.188. The first-order valence-electron chi connectivity index (χ1n) is 6.67. The second-order valence-corrected chi connectivity index (χ2v) is 5.69. The minimum Gasteiger partial charge on any atom is -0.353 e. The average molecular weight is 346 g/mol. The van der Waals surface area contributed by atoms with Crippen LogP contribution in [0.3, 0.4) is 0 Å². The Balaban J connectivity index is 1.98. The Morgan fingerprint density at radius 1 is 1.24 bits per heavy atom. The lowest BCUT2D eigenvalue weighted by Crippen LogP contribution is -2.24. The molecule has 5 heteroatoms. The number of hydrogen-bond donors (Lipinski definition) is 2. The lowest BCUT2D eigenvalue weighted by Gasteiger charge is -2.21. The highest BCUT2D eigenvalue weighted by Crippen LogP contribution is 2.31. The number of nitrogens with one attached hydrogen (secondary N) is 2. The van der Waals surface area contributed by atoms with Crippen molar-refractivity contribution in [2.24, 2.45) is 0 Å². The Hall–Kier alpha value is -1.90. The molecule has 3 nitrogen and oxygen atoms in total. The van der Waals surface area contributed by atoms with Gasteiger partial charge in [0.15, 0.2) is 5.82 Å². The van der Waals surface area contributed by atoms with E-state index in [1.165, 1.54) is 11.1 Å². The minimum absolute atomic E-state index is 0.196. The molecule has 0 amide bonds. The van der Waals surface area contributed by atoms with Crippen molar-refractivity contribution in [3.05, 3.63) is 57.3 Å². The summed E-state index contributed by atoms with van der Waals surface area (Å²) in [6, 6.07) is 11.2. The number of hydrogen-bond acceptors (Lipinski definition) is 3. The van der Waals surface area contributed by atoms with Crippen molar-refractivity contribution in [3.63, 3.8) is 0 Å². The predicted octanol–water partition coefficient (Wildman–Crippen LogP) is 3.85. The molecule has 3 rings (SSSR count). The average Bonchev–Trinajstić information content (AvgIpc) is 2.52. The van der Waals surface area contributed by atoms with Gasteiger partial charge in [-0.25, -0.2) is 4.39 Å². The van der Waals surface area contributed by atoms with Gasteiger partial charge in [0.25, 0.3) is 0 Å². The molecule has 0 atom stereocenters. The third kappa shape index (κ3) is 2.65. The second kappa shape index (κ2) is 5.84. The highest BCUT2D eigenvalue weighted by molar-refractivity contribution is 9.10. The molecule has 0 saturated heterocycles. The number of nitrogens with zero attached hydrogens (tertiary/aromatic N) is 1. The fourth-order valence-electron chi connectivity index (χ4n) is 2.53. The van der Waals surface area contributed by atoms with E-state index in [-0.39, 0.29) is 10.0 Å². The maximum atomic E-state index is 14.3. The van der Waals surface area contributed by atoms with Crippen LogP contribution in [0.2, 0.25) is 0 Å². The van der Waals surface area contributed by atoms with E-state index in [0.29, 0.717) is 5.69 Å². The van der Waals surface area contributed by atoms with Crippen LogP contribution in [0.15, 0.2) is 34.8 Å². The molecule has 0 saturated carbocycles. The summed E-state index contributed by atoms with van der Waals surface area (Å²) >= 11 is 3.13. The number of halogens is 2. The molecule has 0 fully saturated rings. The third-order valence-electron chi connectivity index (χ3n) is 3.61. The number of nitriles is 1. The lowest BCUT2D eigenvalue weighted by molar-refractivity contribution is 0.624. The minimum atomic E-state index is -0.444. The van der Waals surface area contributed by atoms with Crippen molar-refractivity contribution in [2.75, 3.05) is 11.9 Å². The van der Waals surface area contributed by atoms with Crippen LogP contribution in [-0.2, 0) is 13.0 Å². The highest BCUT2D eigenvalue weighted by Gasteiger charge is 2.15. The van der Waals surface area contributed by atoms with E-state index in [2.05, 4.69) is 32.6 Å². The molecule has 1 aliphatic rings. The zero-order valence-electron chi connectivity index (χ0n) is 11.2. The summed E-state index contributed by atoms with van der Waals surface area (Å²) < 4.78 is 14.5. The Bertz CT molecular complexity index is 737. The summed E-state index contributed by atoms with van der Waals surface area (Å²) in [5, 5.41) is 15.4. The lowest BCUT2D eigenvalue weighted by atomic mass is 9.99. The molecule has 2 aromatic carbocycles. The molecule has 1 heterocycles. The van der Waals surface area contributed by atoms with Gasteiger partial charge in [-0.3, -0.25) is 0 Å². The van der Waals surface area contributed by atoms with E-state index in [1.807, 2.05) is 18.2 Å². The van der Waals surface area contributed by atoms with Crippen LogP contribution >= 0.6 is 15.9 Å². The monoisotopic (exact) mass is 345 g/mol. The quantitative estimate of drug-likeness (QED) is 0.868. The molecule has 21 heavy (non-hydrogen) atoms. The van der Waals surface area contributed by atoms with Crippen LogP contribution in [0.5, 0.6) is 0 Å². The van der Waals surface area contributed by atoms with Crippen LogP contribution < -0.4 is 10.6 Å². The molecule has 2 N–H and O–H groups in total. The molecule has 0 bridgehead atoms. The predicted molar refractivity (Wildman–Crippen MR) is 84.0 cm³/mol. The Morgan fingerprint density at radius 3 is 2.90 bits per heavy atom. The van der Waals surface area contributed by atoms with Crippen LogP contribution in [0, 0.1) is 17.1 Å². The van der Waals surface area contributed by atoms with Gasteiger partial charge in [-0.15, -0.1) is 0 Å². The van der Waals surface area contributed by atoms with Gasteiger partial charge in [0.05, 0.1) is 15.7 Å². The first-order valence-corrected chi connectivity index (χ1v) is 7.46. The summed E-state index contributed by atoms with van der Waals surface area (Å²) in [6.07, 6.45) is 0.914. The van der Waals surface area contributed by atoms with E-state index in [1.54, 1.807) is 12.1 Å². The van der Waals surface area contributed by atoms with Crippen molar-refractivity contribution < 1.29 is 4.39 Å². The van der Waals surface area contributed by atoms with Crippen LogP contribution in [0.4, 0.5) is 15.8 Å². The van der Waals surface area contributed by atoms with Crippen LogP contribution in [-0.4, -0.2) is 6.54 Å². The van der Waals surface area contributed by atoms with Crippen LogP contribution in [0.1, 0.15) is 16.7 Å². The van der Waals surface area contributed by atoms with E-state index >= 15 is 0 Å². The van der Waals surface area contributed by atoms with Gasteiger partial charge in [0.1, 0.15) is 6.07 Å². The third-order valence-corrected chi connectivity index (χ3v) is 4.39. The van der Waals surface area contributed by atoms with E-state index < -0.39 is 5.82 Å². The SMILES string of the molecule is N#Cc1ccc(Nc2cccc3c2CCNC3)c(F)c1Br. The number of fused-ring (bicyclic) bond motifs is 1. The van der Waals surface area contributed by atoms with Crippen molar-refractivity contribution >= 4 is 27.3 Å². The molecule has 1 aliphatic heterocycles. The molecule has 0 aromatic heterocycles. The maximum absolute atomic E-state index is 14.3. The highest BCUT2D eigenvalue weighted by atomic mass is 79.9. The van der Waals surface area contributed by atoms with Crippen molar-refractivity contribution in [3.8, 4) is 6.07 Å². The fourth-order valence-corrected chi connectivity index (χ4v) is 2.96. The van der Waals surface area contributed by atoms with Gasteiger partial charge in [0, 0.05) is 12.2 Å². The van der Waals surface area contributed by atoms with E-state index in [9.17, 15) is 4.39 Å². The molecule has 0 spiro atoms. The number of anilines is 2. The normalized spacial score (nSPS) is 13.4. The molecule has 0 aliphatic carbocycles. The standard InChI is InChI=1S/C16H13BrFN3/c17-15-10(8-19)4-5-14(16(15)18)21-13-3-1-2-11-9-20-7-6-12(11)13/h1-5,20-21H,6-7,9H2. The zero-order chi connectivity index (χ0) is 14.8. The number of benzene rings is 2. The van der Waals surface area contributed by atoms with Gasteiger partial charge in [-0.05, 0) is 58.2 Å². The molecular weight excluding hydrogens is 333 g/mol. The topological polar surface area (TPSA) is 47.9 Å². The molecule has 0 radical (unpaired) electrons. The van der Waals surface area contributed by atoms with Crippen LogP contribution in [0.25, 0.3) is 0 Å². The first kappa shape index (κ1) is 14.1. The van der Waals surface area contributed by atoms with E-state index in [4.69, 9.17) is 5.26 Å². The van der Waals surface area contributed by atoms with Gasteiger partial charge < -0.3 is 10.6 Å². The Labute approximate surface area is 130 Å². The van der Waals surface area contributed by atoms with Gasteiger partial charge in [-0.1, -0.05) is 12.1 Å². The zero-order valence-corrected chi connectivity index (χ0v) is 12.8. The molecule has 0 unspecified atom stereocenters. The molecular formula is C16H13BrFN3. The molecule has 106 valence electrons. The van der Waals surface area contributed by atoms with Gasteiger partial charge in [0.2, 0.25) is 0 Å². The first-order chi connectivity index (χ1) is 10.2. The second-order valence-electron chi connectivity index (χ2n) is 4.90. The smallest absolute Gasteiger partial charge is 0.162 e. The summed E-state index contributed by atoms with van der Waals surface area (Å²) in [6.45, 7) is 1.76. The van der Waals surface area contributed by atoms with Crippen molar-refractivity contribution in [1.29, 1.82) is 5.26 Å². The summed E-state index contributed by atoms with van der Waals surface area (Å²) in [5.74, 6) is -0.444. The van der Waals surface area contributed by atoms with Crippen molar-refractivity contribution in [2.45, 2.75) is 13.0 Å². The maximum Gasteiger partial charge on any atom is 0.162 e. The summed E-state index contributed by atoms with van der Waals surface area (Å²) in [5.41, 5.74) is 4.03. The Kier molecular flexibility index (Phi) is 3.91. The summed E-state index contributed by atoms with van der Waals surface area (Å²) in [4.78, 5) is 0. The van der Waals surface area contributed by atoms with Gasteiger partial charge >= 0.3 is 0 Å². The Morgan fingerprint density at radius 2 is 2.10 bits per heavy atom. The van der Waals surface area contributed by atoms with E-state index in [0.717, 1.165) is 25.2 Å². The van der Waals surface area contributed by atoms with Crippen molar-refractivity contribution in [1.82, 2.24) is 5.32 Å². The summed E-state index contributed by atoms with van der Waals surface area (Å²) in [7, 11) is 0. The van der Waals surface area contributed by atoms with Gasteiger partial charge in [-0.2, -0.15) is 5.26 Å².